The van der Waals surface area contributed by atoms with Gasteiger partial charge in [-0.25, -0.2) is 4.98 Å². The highest BCUT2D eigenvalue weighted by atomic mass is 32.1. The second-order valence-corrected chi connectivity index (χ2v) is 6.78. The first kappa shape index (κ1) is 17.6. The van der Waals surface area contributed by atoms with Gasteiger partial charge in [0.1, 0.15) is 10.7 Å². The summed E-state index contributed by atoms with van der Waals surface area (Å²) in [6, 6.07) is 9.88. The summed E-state index contributed by atoms with van der Waals surface area (Å²) in [5.41, 5.74) is 1.53. The number of carbonyl (C=O) groups excluding carboxylic acids is 2. The van der Waals surface area contributed by atoms with E-state index in [2.05, 4.69) is 15.2 Å². The lowest BCUT2D eigenvalue weighted by Gasteiger charge is -2.33. The van der Waals surface area contributed by atoms with E-state index in [9.17, 15) is 9.59 Å². The molecule has 7 heteroatoms. The molecule has 1 aliphatic rings. The molecule has 6 nitrogen and oxygen atoms in total. The van der Waals surface area contributed by atoms with Crippen molar-refractivity contribution in [3.8, 4) is 10.6 Å². The molecule has 1 aromatic heterocycles. The predicted molar refractivity (Wildman–Crippen MR) is 98.6 cm³/mol. The van der Waals surface area contributed by atoms with Gasteiger partial charge in [0.25, 0.3) is 5.91 Å². The van der Waals surface area contributed by atoms with Crippen molar-refractivity contribution in [2.75, 3.05) is 39.3 Å². The molecule has 0 atom stereocenters. The van der Waals surface area contributed by atoms with Crippen LogP contribution in [0.4, 0.5) is 0 Å². The summed E-state index contributed by atoms with van der Waals surface area (Å²) in [6.45, 7) is 5.60. The quantitative estimate of drug-likeness (QED) is 0.884. The molecular weight excluding hydrogens is 336 g/mol. The van der Waals surface area contributed by atoms with Crippen LogP contribution in [0.25, 0.3) is 10.6 Å². The Bertz CT molecular complexity index is 724. The summed E-state index contributed by atoms with van der Waals surface area (Å²) in [5.74, 6) is 0.00497. The van der Waals surface area contributed by atoms with Crippen molar-refractivity contribution in [1.82, 2.24) is 20.1 Å². The Morgan fingerprint density at radius 2 is 1.88 bits per heavy atom. The van der Waals surface area contributed by atoms with Crippen molar-refractivity contribution in [1.29, 1.82) is 0 Å². The van der Waals surface area contributed by atoms with Crippen molar-refractivity contribution < 1.29 is 9.59 Å². The van der Waals surface area contributed by atoms with Gasteiger partial charge >= 0.3 is 0 Å². The van der Waals surface area contributed by atoms with Crippen LogP contribution in [0, 0.1) is 0 Å². The maximum absolute atomic E-state index is 12.6. The average molecular weight is 358 g/mol. The number of hydrogen-bond donors (Lipinski definition) is 1. The molecule has 3 rings (SSSR count). The van der Waals surface area contributed by atoms with Gasteiger partial charge in [-0.15, -0.1) is 11.3 Å². The molecule has 1 aliphatic heterocycles. The number of likely N-dealkylation sites (N-methyl/N-ethyl adjacent to an activating group) is 1. The van der Waals surface area contributed by atoms with E-state index in [1.165, 1.54) is 11.3 Å². The molecule has 1 aromatic carbocycles. The number of aromatic nitrogens is 1. The lowest BCUT2D eigenvalue weighted by molar-refractivity contribution is -0.122. The van der Waals surface area contributed by atoms with Crippen molar-refractivity contribution in [2.45, 2.75) is 6.92 Å². The molecular formula is C18H22N4O2S. The van der Waals surface area contributed by atoms with Crippen LogP contribution < -0.4 is 5.32 Å². The summed E-state index contributed by atoms with van der Waals surface area (Å²) < 4.78 is 0. The Hall–Kier alpha value is -2.25. The number of carbonyl (C=O) groups is 2. The topological polar surface area (TPSA) is 65.5 Å². The third kappa shape index (κ3) is 4.43. The highest BCUT2D eigenvalue weighted by Crippen LogP contribution is 2.24. The number of thiazole rings is 1. The summed E-state index contributed by atoms with van der Waals surface area (Å²) in [4.78, 5) is 32.7. The van der Waals surface area contributed by atoms with Crippen LogP contribution in [0.1, 0.15) is 17.4 Å². The minimum absolute atomic E-state index is 0.0314. The molecule has 2 heterocycles. The van der Waals surface area contributed by atoms with Crippen LogP contribution in [0.3, 0.4) is 0 Å². The molecule has 25 heavy (non-hydrogen) atoms. The number of nitrogens with one attached hydrogen (secondary N) is 1. The summed E-state index contributed by atoms with van der Waals surface area (Å²) in [6.07, 6.45) is 0. The number of benzene rings is 1. The van der Waals surface area contributed by atoms with Crippen LogP contribution >= 0.6 is 11.3 Å². The van der Waals surface area contributed by atoms with Crippen molar-refractivity contribution in [3.63, 3.8) is 0 Å². The Labute approximate surface area is 151 Å². The number of piperazine rings is 1. The van der Waals surface area contributed by atoms with Crippen molar-refractivity contribution in [3.05, 3.63) is 41.4 Å². The second kappa shape index (κ2) is 8.22. The molecule has 2 aromatic rings. The summed E-state index contributed by atoms with van der Waals surface area (Å²) in [7, 11) is 0. The minimum atomic E-state index is -0.0314. The fraction of sp³-hybridized carbons (Fsp3) is 0.389. The second-order valence-electron chi connectivity index (χ2n) is 5.93. The molecule has 0 saturated carbocycles. The fourth-order valence-corrected chi connectivity index (χ4v) is 3.61. The van der Waals surface area contributed by atoms with Gasteiger partial charge < -0.3 is 10.2 Å². The lowest BCUT2D eigenvalue weighted by Crippen LogP contribution is -2.51. The van der Waals surface area contributed by atoms with E-state index >= 15 is 0 Å². The Morgan fingerprint density at radius 3 is 2.56 bits per heavy atom. The number of hydrogen-bond acceptors (Lipinski definition) is 5. The SMILES string of the molecule is CCNC(=O)CN1CCN(C(=O)c2csc(-c3ccccc3)n2)CC1. The third-order valence-corrected chi connectivity index (χ3v) is 5.04. The van der Waals surface area contributed by atoms with Gasteiger partial charge in [0, 0.05) is 43.7 Å². The van der Waals surface area contributed by atoms with E-state index < -0.39 is 0 Å². The van der Waals surface area contributed by atoms with Gasteiger partial charge in [0.2, 0.25) is 5.91 Å². The van der Waals surface area contributed by atoms with Gasteiger partial charge in [-0.2, -0.15) is 0 Å². The normalized spacial score (nSPS) is 15.2. The third-order valence-electron chi connectivity index (χ3n) is 4.14. The van der Waals surface area contributed by atoms with E-state index in [-0.39, 0.29) is 11.8 Å². The van der Waals surface area contributed by atoms with Crippen LogP contribution in [-0.4, -0.2) is 65.9 Å². The molecule has 2 amide bonds. The minimum Gasteiger partial charge on any atom is -0.355 e. The maximum atomic E-state index is 12.6. The standard InChI is InChI=1S/C18H22N4O2S/c1-2-19-16(23)12-21-8-10-22(11-9-21)18(24)15-13-25-17(20-15)14-6-4-3-5-7-14/h3-7,13H,2,8-12H2,1H3,(H,19,23). The van der Waals surface area contributed by atoms with E-state index in [1.807, 2.05) is 47.5 Å². The largest absolute Gasteiger partial charge is 0.355 e. The monoisotopic (exact) mass is 358 g/mol. The Morgan fingerprint density at radius 1 is 1.16 bits per heavy atom. The highest BCUT2D eigenvalue weighted by molar-refractivity contribution is 7.13. The first-order valence-electron chi connectivity index (χ1n) is 8.46. The zero-order valence-corrected chi connectivity index (χ0v) is 15.1. The van der Waals surface area contributed by atoms with Crippen molar-refractivity contribution in [2.24, 2.45) is 0 Å². The highest BCUT2D eigenvalue weighted by Gasteiger charge is 2.24. The van der Waals surface area contributed by atoms with Crippen LogP contribution in [-0.2, 0) is 4.79 Å². The predicted octanol–water partition coefficient (Wildman–Crippen LogP) is 1.70. The molecule has 1 saturated heterocycles. The number of rotatable bonds is 5. The van der Waals surface area contributed by atoms with E-state index in [4.69, 9.17) is 0 Å². The molecule has 1 N–H and O–H groups in total. The smallest absolute Gasteiger partial charge is 0.273 e. The summed E-state index contributed by atoms with van der Waals surface area (Å²) >= 11 is 1.49. The molecule has 1 fully saturated rings. The zero-order valence-electron chi connectivity index (χ0n) is 14.3. The van der Waals surface area contributed by atoms with E-state index in [0.717, 1.165) is 10.6 Å². The Kier molecular flexibility index (Phi) is 5.78. The molecule has 0 radical (unpaired) electrons. The van der Waals surface area contributed by atoms with Gasteiger partial charge in [-0.05, 0) is 6.92 Å². The molecule has 132 valence electrons. The molecule has 0 spiro atoms. The lowest BCUT2D eigenvalue weighted by atomic mass is 10.2. The average Bonchev–Trinajstić information content (AvgIpc) is 3.13. The molecule has 0 unspecified atom stereocenters. The summed E-state index contributed by atoms with van der Waals surface area (Å²) in [5, 5.41) is 5.49. The molecule has 0 aliphatic carbocycles. The number of nitrogens with zero attached hydrogens (tertiary/aromatic N) is 3. The van der Waals surface area contributed by atoms with Crippen LogP contribution in [0.5, 0.6) is 0 Å². The Balaban J connectivity index is 1.56. The van der Waals surface area contributed by atoms with Gasteiger partial charge in [-0.3, -0.25) is 14.5 Å². The van der Waals surface area contributed by atoms with Gasteiger partial charge in [0.05, 0.1) is 6.54 Å². The first-order valence-corrected chi connectivity index (χ1v) is 9.34. The maximum Gasteiger partial charge on any atom is 0.273 e. The first-order chi connectivity index (χ1) is 12.2. The fourth-order valence-electron chi connectivity index (χ4n) is 2.81. The van der Waals surface area contributed by atoms with E-state index in [0.29, 0.717) is 45.0 Å². The van der Waals surface area contributed by atoms with E-state index in [1.54, 1.807) is 0 Å². The zero-order chi connectivity index (χ0) is 17.6. The van der Waals surface area contributed by atoms with Gasteiger partial charge in [-0.1, -0.05) is 30.3 Å². The number of amides is 2. The van der Waals surface area contributed by atoms with Gasteiger partial charge in [0.15, 0.2) is 0 Å². The van der Waals surface area contributed by atoms with Crippen LogP contribution in [0.2, 0.25) is 0 Å². The molecule has 0 bridgehead atoms. The van der Waals surface area contributed by atoms with Crippen molar-refractivity contribution >= 4 is 23.2 Å². The van der Waals surface area contributed by atoms with Crippen LogP contribution in [0.15, 0.2) is 35.7 Å².